The van der Waals surface area contributed by atoms with Gasteiger partial charge >= 0.3 is 5.97 Å². The Bertz CT molecular complexity index is 1720. The van der Waals surface area contributed by atoms with Crippen molar-refractivity contribution in [2.24, 2.45) is 23.5 Å². The number of aliphatic hydroxyl groups is 11. The minimum absolute atomic E-state index is 0.104. The van der Waals surface area contributed by atoms with Gasteiger partial charge in [-0.1, -0.05) is 98.9 Å². The van der Waals surface area contributed by atoms with Crippen molar-refractivity contribution in [2.75, 3.05) is 13.2 Å². The Morgan fingerprint density at radius 1 is 0.706 bits per heavy atom. The number of amides is 1. The molecule has 3 aliphatic rings. The van der Waals surface area contributed by atoms with Crippen LogP contribution in [0, 0.1) is 17.8 Å². The second-order valence-electron chi connectivity index (χ2n) is 18.2. The van der Waals surface area contributed by atoms with Crippen LogP contribution in [-0.4, -0.2) is 179 Å². The molecule has 0 radical (unpaired) electrons. The summed E-state index contributed by atoms with van der Waals surface area (Å²) in [7, 11) is 0. The number of nitrogens with one attached hydrogen (secondary N) is 1. The third kappa shape index (κ3) is 19.7. The predicted molar refractivity (Wildman–Crippen MR) is 249 cm³/mol. The standard InChI is InChI=1S/C49H78N2O17/c1-29-17-15-13-11-9-7-5-6-8-10-12-14-16-18-36(67-48-46(62)43(50)45(61)32(4)66-48)26-40-42(47(63)51-21-22-52)39(58)28-49(64,68-40)27-35(55)24-38(57)37(56)20-19-33(53)23-34(54)25-41(59)65-31(3)30(2)44(29)60/h5-18,29-40,42-46,48,52-58,60-62,64H,19-28,50H2,1-4H3,(H,51,63)/t29-,30-,31-,32+,33+,34+,35-,36-,37+,38+,39-,40-,42+,43-,44+,45+,46-,48-,49+/m0/s1. The van der Waals surface area contributed by atoms with E-state index in [0.717, 1.165) is 0 Å². The van der Waals surface area contributed by atoms with Crippen molar-refractivity contribution in [3.05, 3.63) is 85.1 Å². The third-order valence-corrected chi connectivity index (χ3v) is 12.5. The number of fused-ring (bicyclic) bond motifs is 2. The Hall–Kier alpha value is -3.48. The lowest BCUT2D eigenvalue weighted by Crippen LogP contribution is -2.62. The fourth-order valence-electron chi connectivity index (χ4n) is 8.29. The van der Waals surface area contributed by atoms with E-state index in [1.54, 1.807) is 81.5 Å². The highest BCUT2D eigenvalue weighted by Crippen LogP contribution is 2.38. The molecule has 2 fully saturated rings. The molecule has 3 rings (SSSR count). The van der Waals surface area contributed by atoms with Crippen LogP contribution in [0.25, 0.3) is 0 Å². The first-order valence-corrected chi connectivity index (χ1v) is 23.5. The Morgan fingerprint density at radius 3 is 1.90 bits per heavy atom. The Labute approximate surface area is 399 Å². The minimum Gasteiger partial charge on any atom is -0.462 e. The highest BCUT2D eigenvalue weighted by molar-refractivity contribution is 5.80. The topological polar surface area (TPSA) is 332 Å². The smallest absolute Gasteiger partial charge is 0.308 e. The Morgan fingerprint density at radius 2 is 1.29 bits per heavy atom. The van der Waals surface area contributed by atoms with Crippen LogP contribution in [-0.2, 0) is 28.5 Å². The third-order valence-electron chi connectivity index (χ3n) is 12.5. The largest absolute Gasteiger partial charge is 0.462 e. The Kier molecular flexibility index (Phi) is 25.6. The van der Waals surface area contributed by atoms with Gasteiger partial charge in [0.05, 0.1) is 92.1 Å². The van der Waals surface area contributed by atoms with E-state index in [0.29, 0.717) is 0 Å². The molecular weight excluding hydrogens is 889 g/mol. The lowest BCUT2D eigenvalue weighted by atomic mass is 9.82. The zero-order valence-corrected chi connectivity index (χ0v) is 39.5. The van der Waals surface area contributed by atoms with Crippen molar-refractivity contribution in [2.45, 2.75) is 177 Å². The highest BCUT2D eigenvalue weighted by atomic mass is 16.7. The summed E-state index contributed by atoms with van der Waals surface area (Å²) in [5, 5.41) is 121. The number of hydrogen-bond acceptors (Lipinski definition) is 18. The number of ether oxygens (including phenoxy) is 4. The Balaban J connectivity index is 1.91. The summed E-state index contributed by atoms with van der Waals surface area (Å²) >= 11 is 0. The summed E-state index contributed by atoms with van der Waals surface area (Å²) in [5.74, 6) is -5.83. The first-order valence-electron chi connectivity index (χ1n) is 23.5. The highest BCUT2D eigenvalue weighted by Gasteiger charge is 2.51. The van der Waals surface area contributed by atoms with Crippen molar-refractivity contribution in [3.8, 4) is 0 Å². The lowest BCUT2D eigenvalue weighted by Gasteiger charge is -2.46. The maximum absolute atomic E-state index is 13.4. The summed E-state index contributed by atoms with van der Waals surface area (Å²) in [6.07, 6.45) is 4.15. The maximum Gasteiger partial charge on any atom is 0.308 e. The molecule has 0 aromatic heterocycles. The molecule has 19 atom stereocenters. The normalized spacial score (nSPS) is 40.7. The van der Waals surface area contributed by atoms with Gasteiger partial charge in [0.15, 0.2) is 12.1 Å². The van der Waals surface area contributed by atoms with Crippen molar-refractivity contribution in [1.82, 2.24) is 5.32 Å². The number of aliphatic hydroxyl groups excluding tert-OH is 10. The molecule has 386 valence electrons. The molecule has 0 aromatic rings. The van der Waals surface area contributed by atoms with Gasteiger partial charge in [-0.3, -0.25) is 9.59 Å². The molecule has 68 heavy (non-hydrogen) atoms. The van der Waals surface area contributed by atoms with Crippen molar-refractivity contribution >= 4 is 11.9 Å². The van der Waals surface area contributed by atoms with Crippen LogP contribution in [0.15, 0.2) is 85.1 Å². The summed E-state index contributed by atoms with van der Waals surface area (Å²) in [4.78, 5) is 26.1. The number of cyclic esters (lactones) is 1. The molecule has 2 saturated heterocycles. The number of carbonyl (C=O) groups excluding carboxylic acids is 2. The van der Waals surface area contributed by atoms with Crippen molar-refractivity contribution < 1.29 is 84.7 Å². The molecule has 2 bridgehead atoms. The zero-order chi connectivity index (χ0) is 50.6. The average molecular weight is 967 g/mol. The van der Waals surface area contributed by atoms with Crippen LogP contribution in [0.1, 0.15) is 79.1 Å². The number of rotatable bonds is 5. The van der Waals surface area contributed by atoms with E-state index in [4.69, 9.17) is 24.7 Å². The minimum atomic E-state index is -2.30. The van der Waals surface area contributed by atoms with Gasteiger partial charge in [0.25, 0.3) is 0 Å². The molecule has 3 aliphatic heterocycles. The maximum atomic E-state index is 13.4. The summed E-state index contributed by atoms with van der Waals surface area (Å²) in [6.45, 7) is 6.19. The van der Waals surface area contributed by atoms with Crippen LogP contribution in [0.5, 0.6) is 0 Å². The van der Waals surface area contributed by atoms with Crippen LogP contribution in [0.3, 0.4) is 0 Å². The van der Waals surface area contributed by atoms with Crippen LogP contribution >= 0.6 is 0 Å². The van der Waals surface area contributed by atoms with Gasteiger partial charge in [-0.15, -0.1) is 0 Å². The number of allylic oxidation sites excluding steroid dienone is 12. The summed E-state index contributed by atoms with van der Waals surface area (Å²) in [5.41, 5.74) is 6.07. The summed E-state index contributed by atoms with van der Waals surface area (Å²) in [6, 6.07) is -1.14. The van der Waals surface area contributed by atoms with Crippen molar-refractivity contribution in [1.29, 1.82) is 0 Å². The molecule has 0 saturated carbocycles. The molecule has 0 spiro atoms. The lowest BCUT2D eigenvalue weighted by molar-refractivity contribution is -0.307. The predicted octanol–water partition coefficient (Wildman–Crippen LogP) is -0.264. The van der Waals surface area contributed by atoms with Crippen LogP contribution < -0.4 is 11.1 Å². The fourth-order valence-corrected chi connectivity index (χ4v) is 8.29. The van der Waals surface area contributed by atoms with Gasteiger partial charge in [-0.25, -0.2) is 0 Å². The van der Waals surface area contributed by atoms with Gasteiger partial charge in [0.2, 0.25) is 5.91 Å². The van der Waals surface area contributed by atoms with E-state index in [2.05, 4.69) is 5.32 Å². The second kappa shape index (κ2) is 29.6. The van der Waals surface area contributed by atoms with E-state index >= 15 is 0 Å². The van der Waals surface area contributed by atoms with Gasteiger partial charge in [-0.05, 0) is 33.1 Å². The first-order chi connectivity index (χ1) is 32.2. The molecule has 3 heterocycles. The average Bonchev–Trinajstić information content (AvgIpc) is 3.26. The first kappa shape index (κ1) is 58.8. The SMILES string of the molecule is C[C@@H]1[C@H](O)[C@@H](C)C=CC=CC=CC=CC=CC=CC=C[C@H](O[C@@H]2O[C@H](C)[C@@H](O)[C@H](N)[C@@H]2O)C[C@@H]2O[C@](O)(C[C@@H](O)C[C@@H](O)[C@H](O)CC[C@@H](O)C[C@@H](O)CC(=O)O[C@H]1C)C[C@H](O)[C@H]2C(=O)NCCO. The van der Waals surface area contributed by atoms with Gasteiger partial charge < -0.3 is 86.2 Å². The zero-order valence-electron chi connectivity index (χ0n) is 39.5. The molecule has 0 unspecified atom stereocenters. The van der Waals surface area contributed by atoms with E-state index in [9.17, 15) is 65.8 Å². The van der Waals surface area contributed by atoms with Gasteiger partial charge in [0, 0.05) is 44.1 Å². The second-order valence-corrected chi connectivity index (χ2v) is 18.2. The summed E-state index contributed by atoms with van der Waals surface area (Å²) < 4.78 is 23.5. The van der Waals surface area contributed by atoms with Gasteiger partial charge in [-0.2, -0.15) is 0 Å². The van der Waals surface area contributed by atoms with E-state index < -0.39 is 153 Å². The fraction of sp³-hybridized carbons (Fsp3) is 0.673. The monoisotopic (exact) mass is 967 g/mol. The molecule has 19 heteroatoms. The molecule has 0 aromatic carbocycles. The van der Waals surface area contributed by atoms with Crippen LogP contribution in [0.4, 0.5) is 0 Å². The number of nitrogens with two attached hydrogens (primary N) is 1. The van der Waals surface area contributed by atoms with E-state index in [1.807, 2.05) is 31.2 Å². The van der Waals surface area contributed by atoms with Gasteiger partial charge in [0.1, 0.15) is 12.2 Å². The van der Waals surface area contributed by atoms with Crippen LogP contribution in [0.2, 0.25) is 0 Å². The molecule has 14 N–H and O–H groups in total. The molecule has 0 aliphatic carbocycles. The number of carbonyl (C=O) groups is 2. The quantitative estimate of drug-likeness (QED) is 0.158. The van der Waals surface area contributed by atoms with Crippen molar-refractivity contribution in [3.63, 3.8) is 0 Å². The number of hydrogen-bond donors (Lipinski definition) is 13. The van der Waals surface area contributed by atoms with E-state index in [-0.39, 0.29) is 38.1 Å². The molecule has 1 amide bonds. The number of esters is 1. The molecule has 19 nitrogen and oxygen atoms in total. The molecular formula is C49H78N2O17. The van der Waals surface area contributed by atoms with E-state index in [1.165, 1.54) is 0 Å².